The lowest BCUT2D eigenvalue weighted by molar-refractivity contribution is 0.571. The monoisotopic (exact) mass is 200 g/mol. The van der Waals surface area contributed by atoms with Gasteiger partial charge in [0.15, 0.2) is 0 Å². The van der Waals surface area contributed by atoms with Gasteiger partial charge < -0.3 is 16.4 Å². The molecule has 4 N–H and O–H groups in total. The molecule has 1 radical (unpaired) electrons. The standard InChI is InChI=1S/C11H26N3/c1-2-3-4-5-8-13-10-11-14-9-6-7-12/h13-14H,1-12H2. The molecule has 0 unspecified atom stereocenters. The Morgan fingerprint density at radius 1 is 0.786 bits per heavy atom. The zero-order chi connectivity index (χ0) is 10.5. The first-order valence-corrected chi connectivity index (χ1v) is 5.82. The number of hydrogen-bond donors (Lipinski definition) is 3. The lowest BCUT2D eigenvalue weighted by Crippen LogP contribution is -2.29. The fraction of sp³-hybridized carbons (Fsp3) is 0.909. The van der Waals surface area contributed by atoms with Crippen molar-refractivity contribution in [3.63, 3.8) is 0 Å². The van der Waals surface area contributed by atoms with Crippen molar-refractivity contribution in [1.29, 1.82) is 0 Å². The molecule has 0 amide bonds. The van der Waals surface area contributed by atoms with Crippen LogP contribution in [0.4, 0.5) is 0 Å². The van der Waals surface area contributed by atoms with Crippen LogP contribution in [0.2, 0.25) is 0 Å². The van der Waals surface area contributed by atoms with E-state index in [2.05, 4.69) is 17.6 Å². The molecule has 14 heavy (non-hydrogen) atoms. The highest BCUT2D eigenvalue weighted by Crippen LogP contribution is 1.96. The number of rotatable bonds is 11. The summed E-state index contributed by atoms with van der Waals surface area (Å²) >= 11 is 0. The molecule has 0 rings (SSSR count). The SMILES string of the molecule is [CH2]CCCCCNCCNCCCN. The zero-order valence-electron chi connectivity index (χ0n) is 9.36. The van der Waals surface area contributed by atoms with Gasteiger partial charge in [0.2, 0.25) is 0 Å². The Kier molecular flexibility index (Phi) is 12.8. The van der Waals surface area contributed by atoms with Crippen molar-refractivity contribution in [1.82, 2.24) is 10.6 Å². The van der Waals surface area contributed by atoms with E-state index in [1.54, 1.807) is 0 Å². The largest absolute Gasteiger partial charge is 0.330 e. The van der Waals surface area contributed by atoms with E-state index in [0.29, 0.717) is 0 Å². The lowest BCUT2D eigenvalue weighted by Gasteiger charge is -2.05. The normalized spacial score (nSPS) is 10.7. The summed E-state index contributed by atoms with van der Waals surface area (Å²) in [5.41, 5.74) is 5.38. The molecule has 3 heteroatoms. The summed E-state index contributed by atoms with van der Waals surface area (Å²) < 4.78 is 0. The molecule has 0 aromatic rings. The third-order valence-electron chi connectivity index (χ3n) is 2.14. The van der Waals surface area contributed by atoms with E-state index in [1.807, 2.05) is 0 Å². The third kappa shape index (κ3) is 11.9. The Hall–Kier alpha value is -0.120. The summed E-state index contributed by atoms with van der Waals surface area (Å²) in [4.78, 5) is 0. The van der Waals surface area contributed by atoms with E-state index in [1.165, 1.54) is 19.3 Å². The molecule has 0 fully saturated rings. The fourth-order valence-electron chi connectivity index (χ4n) is 1.26. The van der Waals surface area contributed by atoms with Crippen molar-refractivity contribution in [2.24, 2.45) is 5.73 Å². The van der Waals surface area contributed by atoms with Crippen LogP contribution in [-0.4, -0.2) is 32.7 Å². The van der Waals surface area contributed by atoms with Gasteiger partial charge in [-0.25, -0.2) is 0 Å². The third-order valence-corrected chi connectivity index (χ3v) is 2.14. The van der Waals surface area contributed by atoms with E-state index in [4.69, 9.17) is 5.73 Å². The minimum Gasteiger partial charge on any atom is -0.330 e. The summed E-state index contributed by atoms with van der Waals surface area (Å²) in [5.74, 6) is 0. The first-order valence-electron chi connectivity index (χ1n) is 5.82. The molecule has 0 aromatic heterocycles. The van der Waals surface area contributed by atoms with Crippen molar-refractivity contribution < 1.29 is 0 Å². The average Bonchev–Trinajstić information content (AvgIpc) is 2.21. The maximum atomic E-state index is 5.38. The molecule has 0 heterocycles. The quantitative estimate of drug-likeness (QED) is 0.435. The van der Waals surface area contributed by atoms with Crippen molar-refractivity contribution in [2.75, 3.05) is 32.7 Å². The van der Waals surface area contributed by atoms with Crippen LogP contribution in [0.5, 0.6) is 0 Å². The Labute approximate surface area is 88.8 Å². The molecular weight excluding hydrogens is 174 g/mol. The molecule has 0 bridgehead atoms. The molecule has 0 aliphatic rings. The zero-order valence-corrected chi connectivity index (χ0v) is 9.36. The topological polar surface area (TPSA) is 50.1 Å². The van der Waals surface area contributed by atoms with Gasteiger partial charge in [-0.3, -0.25) is 0 Å². The van der Waals surface area contributed by atoms with Crippen LogP contribution in [-0.2, 0) is 0 Å². The van der Waals surface area contributed by atoms with E-state index in [0.717, 1.165) is 45.6 Å². The van der Waals surface area contributed by atoms with E-state index in [-0.39, 0.29) is 0 Å². The van der Waals surface area contributed by atoms with Gasteiger partial charge in [-0.15, -0.1) is 0 Å². The molecule has 0 atom stereocenters. The molecule has 0 saturated carbocycles. The molecule has 0 spiro atoms. The van der Waals surface area contributed by atoms with Crippen molar-refractivity contribution in [3.8, 4) is 0 Å². The second-order valence-corrected chi connectivity index (χ2v) is 3.56. The number of nitrogens with two attached hydrogens (primary N) is 1. The van der Waals surface area contributed by atoms with Gasteiger partial charge in [-0.2, -0.15) is 0 Å². The van der Waals surface area contributed by atoms with Gasteiger partial charge in [0.25, 0.3) is 0 Å². The molecular formula is C11H26N3. The minimum atomic E-state index is 0.783. The van der Waals surface area contributed by atoms with Crippen LogP contribution >= 0.6 is 0 Å². The first kappa shape index (κ1) is 13.9. The van der Waals surface area contributed by atoms with Gasteiger partial charge >= 0.3 is 0 Å². The second-order valence-electron chi connectivity index (χ2n) is 3.56. The Balaban J connectivity index is 2.78. The number of hydrogen-bond acceptors (Lipinski definition) is 3. The van der Waals surface area contributed by atoms with Gasteiger partial charge in [-0.05, 0) is 32.5 Å². The Morgan fingerprint density at radius 2 is 1.43 bits per heavy atom. The van der Waals surface area contributed by atoms with Gasteiger partial charge in [0.05, 0.1) is 0 Å². The van der Waals surface area contributed by atoms with Crippen LogP contribution < -0.4 is 16.4 Å². The number of nitrogens with one attached hydrogen (secondary N) is 2. The second kappa shape index (κ2) is 12.9. The van der Waals surface area contributed by atoms with E-state index in [9.17, 15) is 0 Å². The Bertz CT molecular complexity index is 84.5. The Morgan fingerprint density at radius 3 is 2.00 bits per heavy atom. The fourth-order valence-corrected chi connectivity index (χ4v) is 1.26. The summed E-state index contributed by atoms with van der Waals surface area (Å²) in [7, 11) is 0. The summed E-state index contributed by atoms with van der Waals surface area (Å²) in [6.07, 6.45) is 5.98. The highest BCUT2D eigenvalue weighted by Gasteiger charge is 1.89. The van der Waals surface area contributed by atoms with Crippen LogP contribution in [0, 0.1) is 6.92 Å². The molecule has 0 aliphatic heterocycles. The van der Waals surface area contributed by atoms with Gasteiger partial charge in [0.1, 0.15) is 0 Å². The molecule has 0 aromatic carbocycles. The van der Waals surface area contributed by atoms with Crippen molar-refractivity contribution >= 4 is 0 Å². The predicted molar refractivity (Wildman–Crippen MR) is 63.2 cm³/mol. The lowest BCUT2D eigenvalue weighted by atomic mass is 10.2. The van der Waals surface area contributed by atoms with Gasteiger partial charge in [0, 0.05) is 13.1 Å². The van der Waals surface area contributed by atoms with Crippen molar-refractivity contribution in [3.05, 3.63) is 6.92 Å². The molecule has 0 saturated heterocycles. The average molecular weight is 200 g/mol. The summed E-state index contributed by atoms with van der Waals surface area (Å²) in [6, 6.07) is 0. The van der Waals surface area contributed by atoms with E-state index >= 15 is 0 Å². The van der Waals surface area contributed by atoms with E-state index < -0.39 is 0 Å². The van der Waals surface area contributed by atoms with Crippen LogP contribution in [0.15, 0.2) is 0 Å². The molecule has 0 aliphatic carbocycles. The maximum Gasteiger partial charge on any atom is 0.00767 e. The maximum absolute atomic E-state index is 5.38. The number of unbranched alkanes of at least 4 members (excludes halogenated alkanes) is 3. The van der Waals surface area contributed by atoms with Crippen LogP contribution in [0.3, 0.4) is 0 Å². The van der Waals surface area contributed by atoms with Crippen LogP contribution in [0.1, 0.15) is 32.1 Å². The van der Waals surface area contributed by atoms with Crippen LogP contribution in [0.25, 0.3) is 0 Å². The van der Waals surface area contributed by atoms with Crippen molar-refractivity contribution in [2.45, 2.75) is 32.1 Å². The minimum absolute atomic E-state index is 0.783. The molecule has 3 nitrogen and oxygen atoms in total. The predicted octanol–water partition coefficient (Wildman–Crippen LogP) is 0.909. The first-order chi connectivity index (χ1) is 6.91. The highest BCUT2D eigenvalue weighted by atomic mass is 14.9. The smallest absolute Gasteiger partial charge is 0.00767 e. The highest BCUT2D eigenvalue weighted by molar-refractivity contribution is 4.53. The molecule has 85 valence electrons. The summed E-state index contributed by atoms with van der Waals surface area (Å²) in [6.45, 7) is 8.90. The summed E-state index contributed by atoms with van der Waals surface area (Å²) in [5, 5.41) is 6.74. The van der Waals surface area contributed by atoms with Gasteiger partial charge in [-0.1, -0.05) is 26.2 Å².